The van der Waals surface area contributed by atoms with Crippen LogP contribution in [0.15, 0.2) is 6.33 Å². The van der Waals surface area contributed by atoms with Gasteiger partial charge in [0.05, 0.1) is 6.33 Å². The van der Waals surface area contributed by atoms with Crippen molar-refractivity contribution in [2.45, 2.75) is 6.42 Å². The predicted octanol–water partition coefficient (Wildman–Crippen LogP) is -0.304. The molecule has 2 rings (SSSR count). The van der Waals surface area contributed by atoms with Gasteiger partial charge in [0.25, 0.3) is 0 Å². The molecule has 0 unspecified atom stereocenters. The Labute approximate surface area is 86.3 Å². The summed E-state index contributed by atoms with van der Waals surface area (Å²) in [5.41, 5.74) is 12.3. The summed E-state index contributed by atoms with van der Waals surface area (Å²) in [7, 11) is 0. The summed E-state index contributed by atoms with van der Waals surface area (Å²) >= 11 is 0. The molecular weight excluding hydrogens is 194 g/mol. The number of aromatic amines is 1. The van der Waals surface area contributed by atoms with Crippen LogP contribution in [0.3, 0.4) is 0 Å². The molecule has 80 valence electrons. The average molecular weight is 207 g/mol. The Kier molecular flexibility index (Phi) is 2.64. The number of hydrogen-bond donors (Lipinski definition) is 4. The molecule has 0 aromatic carbocycles. The van der Waals surface area contributed by atoms with Gasteiger partial charge in [-0.1, -0.05) is 0 Å². The van der Waals surface area contributed by atoms with Crippen LogP contribution < -0.4 is 16.8 Å². The van der Waals surface area contributed by atoms with Crippen LogP contribution in [0.25, 0.3) is 11.2 Å². The van der Waals surface area contributed by atoms with Crippen LogP contribution in [0.2, 0.25) is 0 Å². The number of aromatic nitrogens is 4. The van der Waals surface area contributed by atoms with Gasteiger partial charge in [0.2, 0.25) is 5.95 Å². The number of nitrogen functional groups attached to an aromatic ring is 1. The number of rotatable bonds is 4. The first-order valence-corrected chi connectivity index (χ1v) is 4.72. The molecule has 2 aromatic heterocycles. The van der Waals surface area contributed by atoms with Crippen LogP contribution in [0.5, 0.6) is 0 Å². The van der Waals surface area contributed by atoms with Crippen molar-refractivity contribution in [3.05, 3.63) is 6.33 Å². The average Bonchev–Trinajstić information content (AvgIpc) is 2.65. The second-order valence-electron chi connectivity index (χ2n) is 3.10. The Hall–Kier alpha value is -1.89. The smallest absolute Gasteiger partial charge is 0.224 e. The standard InChI is InChI=1S/C8H13N7/c9-2-1-3-11-6-5-7(13-4-12-5)15-8(10)14-6/h4H,1-3,9H2,(H4,10,11,12,13,14,15). The van der Waals surface area contributed by atoms with E-state index in [0.717, 1.165) is 18.5 Å². The molecule has 0 spiro atoms. The summed E-state index contributed by atoms with van der Waals surface area (Å²) in [5.74, 6) is 0.883. The molecule has 0 aliphatic heterocycles. The number of fused-ring (bicyclic) bond motifs is 1. The monoisotopic (exact) mass is 207 g/mol. The molecule has 0 fully saturated rings. The maximum Gasteiger partial charge on any atom is 0.224 e. The molecule has 0 aliphatic carbocycles. The van der Waals surface area contributed by atoms with Gasteiger partial charge in [-0.15, -0.1) is 0 Å². The van der Waals surface area contributed by atoms with E-state index in [1.165, 1.54) is 0 Å². The number of anilines is 2. The van der Waals surface area contributed by atoms with Gasteiger partial charge in [0, 0.05) is 6.54 Å². The van der Waals surface area contributed by atoms with Crippen molar-refractivity contribution >= 4 is 22.9 Å². The summed E-state index contributed by atoms with van der Waals surface area (Å²) in [6.07, 6.45) is 2.44. The van der Waals surface area contributed by atoms with E-state index >= 15 is 0 Å². The molecule has 0 saturated heterocycles. The number of nitrogens with two attached hydrogens (primary N) is 2. The third-order valence-corrected chi connectivity index (χ3v) is 1.98. The molecule has 7 nitrogen and oxygen atoms in total. The second kappa shape index (κ2) is 4.09. The first-order chi connectivity index (χ1) is 7.31. The summed E-state index contributed by atoms with van der Waals surface area (Å²) < 4.78 is 0. The van der Waals surface area contributed by atoms with Crippen LogP contribution in [0.4, 0.5) is 11.8 Å². The van der Waals surface area contributed by atoms with E-state index in [4.69, 9.17) is 11.5 Å². The summed E-state index contributed by atoms with van der Waals surface area (Å²) in [5, 5.41) is 3.13. The van der Waals surface area contributed by atoms with Crippen molar-refractivity contribution in [3.8, 4) is 0 Å². The van der Waals surface area contributed by atoms with Crippen molar-refractivity contribution in [2.75, 3.05) is 24.1 Å². The van der Waals surface area contributed by atoms with Gasteiger partial charge in [0.15, 0.2) is 11.5 Å². The Balaban J connectivity index is 2.27. The molecule has 0 radical (unpaired) electrons. The minimum atomic E-state index is 0.213. The molecule has 7 heteroatoms. The number of H-pyrrole nitrogens is 1. The molecule has 2 heterocycles. The predicted molar refractivity (Wildman–Crippen MR) is 58.3 cm³/mol. The number of nitrogens with one attached hydrogen (secondary N) is 2. The quantitative estimate of drug-likeness (QED) is 0.511. The summed E-state index contributed by atoms with van der Waals surface area (Å²) in [6.45, 7) is 1.39. The van der Waals surface area contributed by atoms with E-state index in [0.29, 0.717) is 18.0 Å². The highest BCUT2D eigenvalue weighted by molar-refractivity contribution is 5.83. The molecule has 15 heavy (non-hydrogen) atoms. The van der Waals surface area contributed by atoms with Gasteiger partial charge in [-0.3, -0.25) is 0 Å². The Morgan fingerprint density at radius 3 is 3.07 bits per heavy atom. The number of nitrogens with zero attached hydrogens (tertiary/aromatic N) is 3. The van der Waals surface area contributed by atoms with Crippen LogP contribution >= 0.6 is 0 Å². The van der Waals surface area contributed by atoms with Gasteiger partial charge >= 0.3 is 0 Å². The maximum absolute atomic E-state index is 5.55. The zero-order valence-electron chi connectivity index (χ0n) is 8.20. The van der Waals surface area contributed by atoms with Crippen molar-refractivity contribution in [2.24, 2.45) is 5.73 Å². The summed E-state index contributed by atoms with van der Waals surface area (Å²) in [4.78, 5) is 15.0. The lowest BCUT2D eigenvalue weighted by Gasteiger charge is -2.05. The van der Waals surface area contributed by atoms with Crippen molar-refractivity contribution in [3.63, 3.8) is 0 Å². The first kappa shape index (κ1) is 9.66. The van der Waals surface area contributed by atoms with Gasteiger partial charge in [0.1, 0.15) is 5.52 Å². The van der Waals surface area contributed by atoms with Crippen LogP contribution in [-0.2, 0) is 0 Å². The van der Waals surface area contributed by atoms with Crippen molar-refractivity contribution < 1.29 is 0 Å². The number of hydrogen-bond acceptors (Lipinski definition) is 6. The van der Waals surface area contributed by atoms with Gasteiger partial charge < -0.3 is 21.8 Å². The molecular formula is C8H13N7. The zero-order valence-corrected chi connectivity index (χ0v) is 8.20. The largest absolute Gasteiger partial charge is 0.368 e. The maximum atomic E-state index is 5.55. The Bertz CT molecular complexity index is 449. The van der Waals surface area contributed by atoms with Gasteiger partial charge in [-0.05, 0) is 13.0 Å². The molecule has 0 saturated carbocycles. The van der Waals surface area contributed by atoms with E-state index in [2.05, 4.69) is 25.3 Å². The normalized spacial score (nSPS) is 10.7. The Morgan fingerprint density at radius 2 is 2.27 bits per heavy atom. The molecule has 0 amide bonds. The van der Waals surface area contributed by atoms with E-state index < -0.39 is 0 Å². The zero-order chi connectivity index (χ0) is 10.7. The fraction of sp³-hybridized carbons (Fsp3) is 0.375. The van der Waals surface area contributed by atoms with Crippen LogP contribution in [-0.4, -0.2) is 33.0 Å². The first-order valence-electron chi connectivity index (χ1n) is 4.72. The highest BCUT2D eigenvalue weighted by atomic mass is 15.1. The van der Waals surface area contributed by atoms with Crippen LogP contribution in [0, 0.1) is 0 Å². The van der Waals surface area contributed by atoms with E-state index in [9.17, 15) is 0 Å². The molecule has 0 aliphatic rings. The Morgan fingerprint density at radius 1 is 1.40 bits per heavy atom. The lowest BCUT2D eigenvalue weighted by Crippen LogP contribution is -2.10. The van der Waals surface area contributed by atoms with E-state index in [-0.39, 0.29) is 5.95 Å². The van der Waals surface area contributed by atoms with E-state index in [1.807, 2.05) is 0 Å². The van der Waals surface area contributed by atoms with Gasteiger partial charge in [-0.25, -0.2) is 4.98 Å². The third kappa shape index (κ3) is 1.96. The van der Waals surface area contributed by atoms with Crippen molar-refractivity contribution in [1.82, 2.24) is 19.9 Å². The lowest BCUT2D eigenvalue weighted by molar-refractivity contribution is 0.871. The molecule has 0 bridgehead atoms. The SMILES string of the molecule is NCCCNc1nc(N)nc2nc[nH]c12. The molecule has 2 aromatic rings. The van der Waals surface area contributed by atoms with Crippen molar-refractivity contribution in [1.29, 1.82) is 0 Å². The minimum absolute atomic E-state index is 0.213. The third-order valence-electron chi connectivity index (χ3n) is 1.98. The fourth-order valence-electron chi connectivity index (χ4n) is 1.29. The fourth-order valence-corrected chi connectivity index (χ4v) is 1.29. The minimum Gasteiger partial charge on any atom is -0.368 e. The van der Waals surface area contributed by atoms with Crippen LogP contribution in [0.1, 0.15) is 6.42 Å². The lowest BCUT2D eigenvalue weighted by atomic mass is 10.4. The second-order valence-corrected chi connectivity index (χ2v) is 3.10. The van der Waals surface area contributed by atoms with Gasteiger partial charge in [-0.2, -0.15) is 9.97 Å². The summed E-state index contributed by atoms with van der Waals surface area (Å²) in [6, 6.07) is 0. The molecule has 0 atom stereocenters. The van der Waals surface area contributed by atoms with E-state index in [1.54, 1.807) is 6.33 Å². The topological polar surface area (TPSA) is 119 Å². The molecule has 6 N–H and O–H groups in total. The number of imidazole rings is 1. The highest BCUT2D eigenvalue weighted by Crippen LogP contribution is 2.16. The highest BCUT2D eigenvalue weighted by Gasteiger charge is 2.06.